The lowest BCUT2D eigenvalue weighted by Crippen LogP contribution is -2.13. The lowest BCUT2D eigenvalue weighted by molar-refractivity contribution is 0.507. The summed E-state index contributed by atoms with van der Waals surface area (Å²) in [4.78, 5) is 4.03. The van der Waals surface area contributed by atoms with Gasteiger partial charge in [0, 0.05) is 17.8 Å². The van der Waals surface area contributed by atoms with Crippen molar-refractivity contribution in [1.82, 2.24) is 4.98 Å². The predicted octanol–water partition coefficient (Wildman–Crippen LogP) is 2.10. The van der Waals surface area contributed by atoms with Gasteiger partial charge in [0.05, 0.1) is 0 Å². The Morgan fingerprint density at radius 3 is 2.64 bits per heavy atom. The summed E-state index contributed by atoms with van der Waals surface area (Å²) in [7, 11) is 0. The fraction of sp³-hybridized carbons (Fsp3) is 0.545. The van der Waals surface area contributed by atoms with Gasteiger partial charge in [-0.25, -0.2) is 4.98 Å². The fourth-order valence-electron chi connectivity index (χ4n) is 1.41. The highest BCUT2D eigenvalue weighted by atomic mass is 14.8. The molecule has 0 aliphatic rings. The molecule has 1 atom stereocenters. The van der Waals surface area contributed by atoms with Crippen LogP contribution in [0.3, 0.4) is 0 Å². The van der Waals surface area contributed by atoms with Crippen LogP contribution in [-0.2, 0) is 0 Å². The highest BCUT2D eigenvalue weighted by molar-refractivity contribution is 5.40. The second-order valence-electron chi connectivity index (χ2n) is 4.06. The summed E-state index contributed by atoms with van der Waals surface area (Å²) in [6.07, 6.45) is 3.77. The Morgan fingerprint density at radius 1 is 1.36 bits per heavy atom. The third-order valence-electron chi connectivity index (χ3n) is 2.33. The maximum atomic E-state index is 6.02. The van der Waals surface area contributed by atoms with Gasteiger partial charge in [-0.2, -0.15) is 0 Å². The van der Waals surface area contributed by atoms with Crippen molar-refractivity contribution in [3.8, 4) is 0 Å². The minimum Gasteiger partial charge on any atom is -0.383 e. The summed E-state index contributed by atoms with van der Waals surface area (Å²) in [5.74, 6) is 1.24. The van der Waals surface area contributed by atoms with E-state index in [0.717, 1.165) is 18.4 Å². The van der Waals surface area contributed by atoms with Crippen LogP contribution in [0.2, 0.25) is 0 Å². The standard InChI is InChI=1S/C11H19N3/c1-8(2)5-6-10(12)9-4-3-7-14-11(9)13/h3-4,7-8,10H,5-6,12H2,1-2H3,(H2,13,14). The van der Waals surface area contributed by atoms with Crippen LogP contribution in [0.4, 0.5) is 5.82 Å². The Bertz CT molecular complexity index is 284. The summed E-state index contributed by atoms with van der Waals surface area (Å²) in [6.45, 7) is 4.39. The average molecular weight is 193 g/mol. The van der Waals surface area contributed by atoms with Gasteiger partial charge in [0.15, 0.2) is 0 Å². The quantitative estimate of drug-likeness (QED) is 0.769. The molecule has 0 aliphatic carbocycles. The Hall–Kier alpha value is -1.09. The van der Waals surface area contributed by atoms with Crippen LogP contribution in [0.25, 0.3) is 0 Å². The Kier molecular flexibility index (Phi) is 3.89. The van der Waals surface area contributed by atoms with E-state index in [1.54, 1.807) is 6.20 Å². The molecule has 0 aromatic carbocycles. The van der Waals surface area contributed by atoms with E-state index in [9.17, 15) is 0 Å². The van der Waals surface area contributed by atoms with Crippen LogP contribution in [-0.4, -0.2) is 4.98 Å². The van der Waals surface area contributed by atoms with Crippen molar-refractivity contribution in [2.45, 2.75) is 32.7 Å². The van der Waals surface area contributed by atoms with E-state index in [2.05, 4.69) is 18.8 Å². The summed E-state index contributed by atoms with van der Waals surface area (Å²) in [5, 5.41) is 0. The number of aromatic nitrogens is 1. The van der Waals surface area contributed by atoms with Crippen LogP contribution in [0.1, 0.15) is 38.3 Å². The molecular weight excluding hydrogens is 174 g/mol. The molecule has 3 heteroatoms. The van der Waals surface area contributed by atoms with Crippen LogP contribution in [0.5, 0.6) is 0 Å². The lowest BCUT2D eigenvalue weighted by Gasteiger charge is -2.14. The molecule has 14 heavy (non-hydrogen) atoms. The van der Waals surface area contributed by atoms with Crippen molar-refractivity contribution in [1.29, 1.82) is 0 Å². The van der Waals surface area contributed by atoms with E-state index in [4.69, 9.17) is 11.5 Å². The van der Waals surface area contributed by atoms with Crippen LogP contribution in [0, 0.1) is 5.92 Å². The van der Waals surface area contributed by atoms with Gasteiger partial charge >= 0.3 is 0 Å². The Morgan fingerprint density at radius 2 is 2.07 bits per heavy atom. The highest BCUT2D eigenvalue weighted by Crippen LogP contribution is 2.21. The zero-order chi connectivity index (χ0) is 10.6. The minimum absolute atomic E-state index is 0.0195. The SMILES string of the molecule is CC(C)CCC(N)c1cccnc1N. The molecule has 1 aromatic rings. The monoisotopic (exact) mass is 193 g/mol. The first-order chi connectivity index (χ1) is 6.61. The molecule has 1 rings (SSSR count). The first kappa shape index (κ1) is 11.0. The third-order valence-corrected chi connectivity index (χ3v) is 2.33. The van der Waals surface area contributed by atoms with Crippen LogP contribution < -0.4 is 11.5 Å². The smallest absolute Gasteiger partial charge is 0.128 e. The van der Waals surface area contributed by atoms with Crippen LogP contribution >= 0.6 is 0 Å². The lowest BCUT2D eigenvalue weighted by atomic mass is 9.99. The summed E-state index contributed by atoms with van der Waals surface area (Å²) in [5.41, 5.74) is 12.7. The van der Waals surface area contributed by atoms with E-state index in [-0.39, 0.29) is 6.04 Å². The van der Waals surface area contributed by atoms with E-state index >= 15 is 0 Å². The summed E-state index contributed by atoms with van der Waals surface area (Å²) in [6, 6.07) is 3.85. The molecule has 0 bridgehead atoms. The fourth-order valence-corrected chi connectivity index (χ4v) is 1.41. The van der Waals surface area contributed by atoms with Crippen molar-refractivity contribution in [2.24, 2.45) is 11.7 Å². The molecule has 0 saturated carbocycles. The third kappa shape index (κ3) is 3.00. The van der Waals surface area contributed by atoms with Crippen molar-refractivity contribution >= 4 is 5.82 Å². The molecular formula is C11H19N3. The molecule has 0 amide bonds. The minimum atomic E-state index is 0.0195. The van der Waals surface area contributed by atoms with Crippen LogP contribution in [0.15, 0.2) is 18.3 Å². The normalized spacial score (nSPS) is 13.1. The second-order valence-corrected chi connectivity index (χ2v) is 4.06. The molecule has 1 unspecified atom stereocenters. The number of nitrogen functional groups attached to an aromatic ring is 1. The number of hydrogen-bond donors (Lipinski definition) is 2. The molecule has 0 radical (unpaired) electrons. The molecule has 0 spiro atoms. The number of rotatable bonds is 4. The Balaban J connectivity index is 2.60. The van der Waals surface area contributed by atoms with Gasteiger partial charge in [-0.1, -0.05) is 19.9 Å². The molecule has 3 nitrogen and oxygen atoms in total. The molecule has 0 fully saturated rings. The zero-order valence-corrected chi connectivity index (χ0v) is 8.90. The number of hydrogen-bond acceptors (Lipinski definition) is 3. The van der Waals surface area contributed by atoms with Gasteiger partial charge in [-0.05, 0) is 24.8 Å². The first-order valence-electron chi connectivity index (χ1n) is 5.07. The average Bonchev–Trinajstić information content (AvgIpc) is 2.15. The topological polar surface area (TPSA) is 64.9 Å². The molecule has 0 saturated heterocycles. The maximum Gasteiger partial charge on any atom is 0.128 e. The molecule has 0 aliphatic heterocycles. The molecule has 1 heterocycles. The largest absolute Gasteiger partial charge is 0.383 e. The molecule has 4 N–H and O–H groups in total. The van der Waals surface area contributed by atoms with Crippen molar-refractivity contribution < 1.29 is 0 Å². The highest BCUT2D eigenvalue weighted by Gasteiger charge is 2.10. The van der Waals surface area contributed by atoms with Gasteiger partial charge < -0.3 is 11.5 Å². The number of anilines is 1. The zero-order valence-electron chi connectivity index (χ0n) is 8.90. The van der Waals surface area contributed by atoms with Gasteiger partial charge in [0.2, 0.25) is 0 Å². The Labute approximate surface area is 85.5 Å². The second kappa shape index (κ2) is 4.96. The maximum absolute atomic E-state index is 6.02. The van der Waals surface area contributed by atoms with Crippen molar-refractivity contribution in [3.05, 3.63) is 23.9 Å². The molecule has 78 valence electrons. The number of pyridine rings is 1. The van der Waals surface area contributed by atoms with E-state index in [1.807, 2.05) is 12.1 Å². The van der Waals surface area contributed by atoms with Crippen molar-refractivity contribution in [3.63, 3.8) is 0 Å². The number of nitrogens with zero attached hydrogens (tertiary/aromatic N) is 1. The van der Waals surface area contributed by atoms with Gasteiger partial charge in [0.25, 0.3) is 0 Å². The van der Waals surface area contributed by atoms with Gasteiger partial charge in [-0.3, -0.25) is 0 Å². The van der Waals surface area contributed by atoms with Gasteiger partial charge in [0.1, 0.15) is 5.82 Å². The van der Waals surface area contributed by atoms with E-state index in [0.29, 0.717) is 11.7 Å². The van der Waals surface area contributed by atoms with Crippen molar-refractivity contribution in [2.75, 3.05) is 5.73 Å². The van der Waals surface area contributed by atoms with E-state index in [1.165, 1.54) is 0 Å². The molecule has 1 aromatic heterocycles. The summed E-state index contributed by atoms with van der Waals surface area (Å²) >= 11 is 0. The summed E-state index contributed by atoms with van der Waals surface area (Å²) < 4.78 is 0. The van der Waals surface area contributed by atoms with E-state index < -0.39 is 0 Å². The number of nitrogens with two attached hydrogens (primary N) is 2. The predicted molar refractivity (Wildman–Crippen MR) is 59.6 cm³/mol. The van der Waals surface area contributed by atoms with Gasteiger partial charge in [-0.15, -0.1) is 0 Å². The first-order valence-corrected chi connectivity index (χ1v) is 5.07.